The van der Waals surface area contributed by atoms with Crippen LogP contribution in [0.3, 0.4) is 0 Å². The number of carboxylic acid groups (broad SMARTS) is 1. The maximum Gasteiger partial charge on any atom is 0.371 e. The van der Waals surface area contributed by atoms with E-state index in [1.54, 1.807) is 0 Å². The van der Waals surface area contributed by atoms with Crippen LogP contribution in [0, 0.1) is 0 Å². The van der Waals surface area contributed by atoms with Crippen molar-refractivity contribution >= 4 is 21.7 Å². The predicted octanol–water partition coefficient (Wildman–Crippen LogP) is 0.285. The highest BCUT2D eigenvalue weighted by atomic mass is 32.2. The minimum Gasteiger partial charge on any atom is -0.475 e. The maximum absolute atomic E-state index is 11.8. The summed E-state index contributed by atoms with van der Waals surface area (Å²) >= 11 is 0. The van der Waals surface area contributed by atoms with Crippen LogP contribution >= 0.6 is 0 Å². The molecule has 1 saturated heterocycles. The molecule has 0 aromatic carbocycles. The molecule has 0 atom stereocenters. The summed E-state index contributed by atoms with van der Waals surface area (Å²) in [6.07, 6.45) is 0.723. The molecule has 1 amide bonds. The zero-order valence-electron chi connectivity index (χ0n) is 9.96. The molecule has 1 aliphatic rings. The number of carboxylic acids is 1. The molecule has 19 heavy (non-hydrogen) atoms. The number of furan rings is 1. The molecule has 2 N–H and O–H groups in total. The number of nitrogens with one attached hydrogen (secondary N) is 1. The van der Waals surface area contributed by atoms with Gasteiger partial charge in [0.2, 0.25) is 5.76 Å². The lowest BCUT2D eigenvalue weighted by atomic mass is 10.1. The number of amides is 1. The molecule has 8 heteroatoms. The van der Waals surface area contributed by atoms with Crippen molar-refractivity contribution in [2.24, 2.45) is 0 Å². The molecule has 104 valence electrons. The van der Waals surface area contributed by atoms with Crippen molar-refractivity contribution in [2.45, 2.75) is 18.9 Å². The Kier molecular flexibility index (Phi) is 3.61. The van der Waals surface area contributed by atoms with E-state index in [1.807, 2.05) is 0 Å². The normalized spacial score (nSPS) is 18.9. The molecule has 1 aliphatic heterocycles. The van der Waals surface area contributed by atoms with Crippen LogP contribution in [-0.4, -0.2) is 42.9 Å². The van der Waals surface area contributed by atoms with Gasteiger partial charge in [0.05, 0.1) is 11.5 Å². The second kappa shape index (κ2) is 5.04. The molecular formula is C11H13NO6S. The molecule has 0 saturated carbocycles. The molecule has 7 nitrogen and oxygen atoms in total. The molecule has 0 spiro atoms. The topological polar surface area (TPSA) is 114 Å². The minimum atomic E-state index is -2.98. The number of sulfone groups is 1. The lowest BCUT2D eigenvalue weighted by Crippen LogP contribution is -2.40. The van der Waals surface area contributed by atoms with Crippen molar-refractivity contribution in [1.29, 1.82) is 0 Å². The summed E-state index contributed by atoms with van der Waals surface area (Å²) in [5, 5.41) is 11.3. The Morgan fingerprint density at radius 2 is 1.79 bits per heavy atom. The quantitative estimate of drug-likeness (QED) is 0.825. The van der Waals surface area contributed by atoms with E-state index < -0.39 is 21.7 Å². The lowest BCUT2D eigenvalue weighted by Gasteiger charge is -2.22. The maximum atomic E-state index is 11.8. The van der Waals surface area contributed by atoms with Crippen molar-refractivity contribution in [3.05, 3.63) is 23.7 Å². The van der Waals surface area contributed by atoms with Crippen LogP contribution in [0.4, 0.5) is 0 Å². The van der Waals surface area contributed by atoms with E-state index in [0.29, 0.717) is 12.8 Å². The van der Waals surface area contributed by atoms with Crippen molar-refractivity contribution in [1.82, 2.24) is 5.32 Å². The van der Waals surface area contributed by atoms with E-state index in [2.05, 4.69) is 5.32 Å². The van der Waals surface area contributed by atoms with Crippen LogP contribution in [0.5, 0.6) is 0 Å². The second-order valence-electron chi connectivity index (χ2n) is 4.37. The summed E-state index contributed by atoms with van der Waals surface area (Å²) in [5.74, 6) is -2.07. The summed E-state index contributed by atoms with van der Waals surface area (Å²) < 4.78 is 27.3. The molecule has 0 bridgehead atoms. The Hall–Kier alpha value is -1.83. The fourth-order valence-electron chi connectivity index (χ4n) is 1.87. The molecule has 0 unspecified atom stereocenters. The summed E-state index contributed by atoms with van der Waals surface area (Å²) in [6.45, 7) is 0. The van der Waals surface area contributed by atoms with Crippen molar-refractivity contribution < 1.29 is 27.5 Å². The van der Waals surface area contributed by atoms with Crippen LogP contribution in [-0.2, 0) is 9.84 Å². The fraction of sp³-hybridized carbons (Fsp3) is 0.455. The molecule has 1 fully saturated rings. The van der Waals surface area contributed by atoms with Crippen LogP contribution < -0.4 is 5.32 Å². The predicted molar refractivity (Wildman–Crippen MR) is 64.8 cm³/mol. The van der Waals surface area contributed by atoms with Gasteiger partial charge in [0.15, 0.2) is 5.76 Å². The van der Waals surface area contributed by atoms with E-state index in [0.717, 1.165) is 0 Å². The van der Waals surface area contributed by atoms with Gasteiger partial charge in [-0.3, -0.25) is 4.79 Å². The molecule has 0 radical (unpaired) electrons. The molecule has 2 heterocycles. The van der Waals surface area contributed by atoms with Crippen molar-refractivity contribution in [3.63, 3.8) is 0 Å². The largest absolute Gasteiger partial charge is 0.475 e. The first-order valence-corrected chi connectivity index (χ1v) is 7.54. The first-order valence-electron chi connectivity index (χ1n) is 5.72. The van der Waals surface area contributed by atoms with Gasteiger partial charge in [0.25, 0.3) is 5.91 Å². The number of hydrogen-bond donors (Lipinski definition) is 2. The standard InChI is InChI=1S/C11H13NO6S/c13-10(8-1-2-9(18-8)11(14)15)12-7-3-5-19(16,17)6-4-7/h1-2,7H,3-6H2,(H,12,13)(H,14,15). The van der Waals surface area contributed by atoms with Gasteiger partial charge in [-0.05, 0) is 25.0 Å². The Balaban J connectivity index is 1.96. The zero-order chi connectivity index (χ0) is 14.0. The van der Waals surface area contributed by atoms with Crippen LogP contribution in [0.2, 0.25) is 0 Å². The average Bonchev–Trinajstić information content (AvgIpc) is 2.81. The van der Waals surface area contributed by atoms with Gasteiger partial charge in [-0.25, -0.2) is 13.2 Å². The first-order chi connectivity index (χ1) is 8.87. The lowest BCUT2D eigenvalue weighted by molar-refractivity contribution is 0.0659. The van der Waals surface area contributed by atoms with Crippen LogP contribution in [0.15, 0.2) is 16.5 Å². The zero-order valence-corrected chi connectivity index (χ0v) is 10.8. The minimum absolute atomic E-state index is 0.0521. The first kappa shape index (κ1) is 13.6. The number of carbonyl (C=O) groups excluding carboxylic acids is 1. The van der Waals surface area contributed by atoms with Crippen LogP contribution in [0.1, 0.15) is 34.0 Å². The van der Waals surface area contributed by atoms with Crippen molar-refractivity contribution in [2.75, 3.05) is 11.5 Å². The molecule has 1 aromatic heterocycles. The van der Waals surface area contributed by atoms with Gasteiger partial charge < -0.3 is 14.8 Å². The highest BCUT2D eigenvalue weighted by Crippen LogP contribution is 2.14. The van der Waals surface area contributed by atoms with Gasteiger partial charge in [-0.1, -0.05) is 0 Å². The summed E-state index contributed by atoms with van der Waals surface area (Å²) in [6, 6.07) is 2.25. The Morgan fingerprint density at radius 3 is 2.32 bits per heavy atom. The Labute approximate surface area is 109 Å². The number of hydrogen-bond acceptors (Lipinski definition) is 5. The Morgan fingerprint density at radius 1 is 1.21 bits per heavy atom. The fourth-order valence-corrected chi connectivity index (χ4v) is 3.36. The molecule has 2 rings (SSSR count). The summed E-state index contributed by atoms with van der Waals surface area (Å²) in [4.78, 5) is 22.4. The summed E-state index contributed by atoms with van der Waals surface area (Å²) in [7, 11) is -2.98. The highest BCUT2D eigenvalue weighted by molar-refractivity contribution is 7.91. The molecular weight excluding hydrogens is 274 g/mol. The third-order valence-corrected chi connectivity index (χ3v) is 4.65. The number of carbonyl (C=O) groups is 2. The molecule has 0 aliphatic carbocycles. The van der Waals surface area contributed by atoms with E-state index >= 15 is 0 Å². The van der Waals surface area contributed by atoms with Gasteiger partial charge in [-0.15, -0.1) is 0 Å². The van der Waals surface area contributed by atoms with E-state index in [-0.39, 0.29) is 29.1 Å². The van der Waals surface area contributed by atoms with E-state index in [9.17, 15) is 18.0 Å². The Bertz CT molecular complexity index is 588. The number of aromatic carboxylic acids is 1. The smallest absolute Gasteiger partial charge is 0.371 e. The summed E-state index contributed by atoms with van der Waals surface area (Å²) in [5.41, 5.74) is 0. The third kappa shape index (κ3) is 3.34. The van der Waals surface area contributed by atoms with Gasteiger partial charge in [-0.2, -0.15) is 0 Å². The van der Waals surface area contributed by atoms with Gasteiger partial charge in [0, 0.05) is 6.04 Å². The third-order valence-electron chi connectivity index (χ3n) is 2.93. The number of rotatable bonds is 3. The second-order valence-corrected chi connectivity index (χ2v) is 6.67. The van der Waals surface area contributed by atoms with Crippen molar-refractivity contribution in [3.8, 4) is 0 Å². The average molecular weight is 287 g/mol. The monoisotopic (exact) mass is 287 g/mol. The SMILES string of the molecule is O=C(O)c1ccc(C(=O)NC2CCS(=O)(=O)CC2)o1. The van der Waals surface area contributed by atoms with E-state index in [4.69, 9.17) is 9.52 Å². The van der Waals surface area contributed by atoms with Crippen LogP contribution in [0.25, 0.3) is 0 Å². The van der Waals surface area contributed by atoms with E-state index in [1.165, 1.54) is 12.1 Å². The molecule has 1 aromatic rings. The highest BCUT2D eigenvalue weighted by Gasteiger charge is 2.26. The van der Waals surface area contributed by atoms with Gasteiger partial charge >= 0.3 is 5.97 Å². The van der Waals surface area contributed by atoms with Gasteiger partial charge in [0.1, 0.15) is 9.84 Å².